The van der Waals surface area contributed by atoms with Gasteiger partial charge in [-0.3, -0.25) is 14.1 Å². The van der Waals surface area contributed by atoms with Crippen LogP contribution in [0.5, 0.6) is 0 Å². The SMILES string of the molecule is CCCCCCCCCOC(=O)C(CC(=O)O)S(=O)(=O)O.[NaH].[NaH]. The number of aliphatic carboxylic acids is 1. The summed E-state index contributed by atoms with van der Waals surface area (Å²) in [6.45, 7) is 2.15. The third kappa shape index (κ3) is 16.1. The second-order valence-electron chi connectivity index (χ2n) is 4.89. The molecular weight excluding hydrogens is 346 g/mol. The Morgan fingerprint density at radius 3 is 1.91 bits per heavy atom. The molecule has 0 aromatic carbocycles. The Morgan fingerprint density at radius 1 is 1.00 bits per heavy atom. The van der Waals surface area contributed by atoms with E-state index in [0.717, 1.165) is 25.7 Å². The van der Waals surface area contributed by atoms with E-state index in [-0.39, 0.29) is 65.7 Å². The van der Waals surface area contributed by atoms with Crippen molar-refractivity contribution in [3.05, 3.63) is 0 Å². The third-order valence-corrected chi connectivity index (χ3v) is 4.05. The van der Waals surface area contributed by atoms with Crippen molar-refractivity contribution in [3.8, 4) is 0 Å². The normalized spacial score (nSPS) is 11.7. The summed E-state index contributed by atoms with van der Waals surface area (Å²) in [5.41, 5.74) is 0. The molecule has 23 heavy (non-hydrogen) atoms. The van der Waals surface area contributed by atoms with Gasteiger partial charge in [0.2, 0.25) is 0 Å². The van der Waals surface area contributed by atoms with Gasteiger partial charge in [-0.15, -0.1) is 0 Å². The fourth-order valence-corrected chi connectivity index (χ4v) is 2.46. The fraction of sp³-hybridized carbons (Fsp3) is 0.846. The van der Waals surface area contributed by atoms with Crippen molar-refractivity contribution >= 4 is 81.2 Å². The van der Waals surface area contributed by atoms with Gasteiger partial charge in [-0.2, -0.15) is 8.42 Å². The quantitative estimate of drug-likeness (QED) is 0.224. The maximum absolute atomic E-state index is 11.5. The summed E-state index contributed by atoms with van der Waals surface area (Å²) in [5, 5.41) is 6.47. The van der Waals surface area contributed by atoms with E-state index >= 15 is 0 Å². The zero-order valence-corrected chi connectivity index (χ0v) is 13.1. The van der Waals surface area contributed by atoms with E-state index in [1.54, 1.807) is 0 Å². The maximum atomic E-state index is 11.5. The Morgan fingerprint density at radius 2 is 1.48 bits per heavy atom. The summed E-state index contributed by atoms with van der Waals surface area (Å²) in [5.74, 6) is -2.71. The van der Waals surface area contributed by atoms with Crippen LogP contribution in [0.1, 0.15) is 58.3 Å². The molecule has 128 valence electrons. The number of carbonyl (C=O) groups is 2. The van der Waals surface area contributed by atoms with Crippen LogP contribution in [-0.2, 0) is 24.4 Å². The molecule has 0 aromatic rings. The number of hydrogen-bond acceptors (Lipinski definition) is 5. The van der Waals surface area contributed by atoms with Gasteiger partial charge in [0.1, 0.15) is 0 Å². The summed E-state index contributed by atoms with van der Waals surface area (Å²) >= 11 is 0. The average Bonchev–Trinajstić information content (AvgIpc) is 2.37. The minimum atomic E-state index is -4.77. The van der Waals surface area contributed by atoms with Crippen molar-refractivity contribution in [2.24, 2.45) is 0 Å². The van der Waals surface area contributed by atoms with Crippen LogP contribution in [0.25, 0.3) is 0 Å². The average molecular weight is 372 g/mol. The van der Waals surface area contributed by atoms with E-state index in [1.807, 2.05) is 0 Å². The number of esters is 1. The van der Waals surface area contributed by atoms with E-state index in [2.05, 4.69) is 6.92 Å². The van der Waals surface area contributed by atoms with E-state index in [0.29, 0.717) is 6.42 Å². The summed E-state index contributed by atoms with van der Waals surface area (Å²) in [6.07, 6.45) is 6.07. The fourth-order valence-electron chi connectivity index (χ4n) is 1.79. The zero-order chi connectivity index (χ0) is 16.3. The van der Waals surface area contributed by atoms with Crippen molar-refractivity contribution in [1.82, 2.24) is 0 Å². The molecule has 0 spiro atoms. The van der Waals surface area contributed by atoms with Crippen LogP contribution in [0.3, 0.4) is 0 Å². The van der Waals surface area contributed by atoms with Gasteiger partial charge in [0.25, 0.3) is 10.1 Å². The van der Waals surface area contributed by atoms with E-state index in [9.17, 15) is 18.0 Å². The van der Waals surface area contributed by atoms with Crippen LogP contribution in [0.4, 0.5) is 0 Å². The van der Waals surface area contributed by atoms with Crippen LogP contribution in [0.15, 0.2) is 0 Å². The van der Waals surface area contributed by atoms with Crippen molar-refractivity contribution in [2.75, 3.05) is 6.61 Å². The van der Waals surface area contributed by atoms with Gasteiger partial charge in [0, 0.05) is 0 Å². The molecule has 1 unspecified atom stereocenters. The molecule has 0 aromatic heterocycles. The van der Waals surface area contributed by atoms with Crippen molar-refractivity contribution in [3.63, 3.8) is 0 Å². The topological polar surface area (TPSA) is 118 Å². The standard InChI is InChI=1S/C13H24O7S.2Na.2H/c1-2-3-4-5-6-7-8-9-20-13(16)11(10-12(14)15)21(17,18)19;;;;/h11H,2-10H2,1H3,(H,14,15)(H,17,18,19);;;;. The molecule has 0 saturated heterocycles. The monoisotopic (exact) mass is 372 g/mol. The Hall–Kier alpha value is 0.850. The Balaban J connectivity index is -0.00000200. The number of carboxylic acids is 1. The molecule has 0 saturated carbocycles. The Labute approximate surface area is 182 Å². The van der Waals surface area contributed by atoms with Crippen LogP contribution >= 0.6 is 0 Å². The molecule has 0 heterocycles. The van der Waals surface area contributed by atoms with Gasteiger partial charge in [0.15, 0.2) is 5.25 Å². The molecule has 0 amide bonds. The van der Waals surface area contributed by atoms with Crippen LogP contribution in [0.2, 0.25) is 0 Å². The first-order valence-electron chi connectivity index (χ1n) is 7.13. The predicted molar refractivity (Wildman–Crippen MR) is 90.8 cm³/mol. The minimum absolute atomic E-state index is 0. The molecule has 0 rings (SSSR count). The number of rotatable bonds is 12. The van der Waals surface area contributed by atoms with Gasteiger partial charge in [-0.25, -0.2) is 0 Å². The van der Waals surface area contributed by atoms with Crippen molar-refractivity contribution in [1.29, 1.82) is 0 Å². The van der Waals surface area contributed by atoms with E-state index < -0.39 is 33.7 Å². The molecule has 2 N–H and O–H groups in total. The molecule has 0 bridgehead atoms. The Bertz CT molecular complexity index is 426. The second kappa shape index (κ2) is 16.3. The van der Waals surface area contributed by atoms with Crippen LogP contribution in [0, 0.1) is 0 Å². The third-order valence-electron chi connectivity index (χ3n) is 2.97. The Kier molecular flexibility index (Phi) is 20.3. The number of hydrogen-bond donors (Lipinski definition) is 2. The molecule has 7 nitrogen and oxygen atoms in total. The van der Waals surface area contributed by atoms with Crippen LogP contribution < -0.4 is 0 Å². The zero-order valence-electron chi connectivity index (χ0n) is 12.3. The first-order chi connectivity index (χ1) is 9.79. The first kappa shape index (κ1) is 28.6. The summed E-state index contributed by atoms with van der Waals surface area (Å²) in [6, 6.07) is 0. The molecule has 0 aliphatic carbocycles. The molecular formula is C13H26Na2O7S. The van der Waals surface area contributed by atoms with Gasteiger partial charge < -0.3 is 9.84 Å². The van der Waals surface area contributed by atoms with Gasteiger partial charge >= 0.3 is 71.1 Å². The molecule has 0 aliphatic heterocycles. The molecule has 0 fully saturated rings. The second-order valence-corrected chi connectivity index (χ2v) is 6.49. The summed E-state index contributed by atoms with van der Waals surface area (Å²) in [4.78, 5) is 22.0. The van der Waals surface area contributed by atoms with Gasteiger partial charge in [0.05, 0.1) is 13.0 Å². The van der Waals surface area contributed by atoms with Crippen LogP contribution in [-0.4, -0.2) is 101 Å². The number of ether oxygens (including phenoxy) is 1. The molecule has 0 aliphatic rings. The van der Waals surface area contributed by atoms with Gasteiger partial charge in [-0.1, -0.05) is 45.4 Å². The predicted octanol–water partition coefficient (Wildman–Crippen LogP) is 0.714. The number of carboxylic acid groups (broad SMARTS) is 1. The van der Waals surface area contributed by atoms with Crippen molar-refractivity contribution < 1.29 is 32.4 Å². The number of unbranched alkanes of at least 4 members (excludes halogenated alkanes) is 6. The number of carbonyl (C=O) groups excluding carboxylic acids is 1. The summed E-state index contributed by atoms with van der Waals surface area (Å²) in [7, 11) is -4.77. The summed E-state index contributed by atoms with van der Waals surface area (Å²) < 4.78 is 35.4. The molecule has 10 heteroatoms. The first-order valence-corrected chi connectivity index (χ1v) is 8.64. The molecule has 0 radical (unpaired) electrons. The van der Waals surface area contributed by atoms with E-state index in [1.165, 1.54) is 12.8 Å². The van der Waals surface area contributed by atoms with E-state index in [4.69, 9.17) is 14.4 Å². The van der Waals surface area contributed by atoms with Gasteiger partial charge in [-0.05, 0) is 6.42 Å². The van der Waals surface area contributed by atoms with Crippen molar-refractivity contribution in [2.45, 2.75) is 63.5 Å². The molecule has 1 atom stereocenters.